The van der Waals surface area contributed by atoms with E-state index in [9.17, 15) is 14.7 Å². The van der Waals surface area contributed by atoms with Crippen LogP contribution < -0.4 is 0 Å². The van der Waals surface area contributed by atoms with Crippen molar-refractivity contribution < 1.29 is 24.9 Å². The van der Waals surface area contributed by atoms with Gasteiger partial charge in [0.25, 0.3) is 0 Å². The molecular weight excluding hydrogens is 200 g/mol. The van der Waals surface area contributed by atoms with E-state index in [1.807, 2.05) is 0 Å². The van der Waals surface area contributed by atoms with Gasteiger partial charge in [-0.05, 0) is 13.0 Å². The molecule has 3 N–H and O–H groups in total. The Labute approximate surface area is 85.6 Å². The monoisotopic (exact) mass is 210 g/mol. The SMILES string of the molecule is CC(O)(C(=O)O)c1ccccc1C(=O)O. The fourth-order valence-electron chi connectivity index (χ4n) is 1.21. The molecule has 1 atom stereocenters. The van der Waals surface area contributed by atoms with Gasteiger partial charge < -0.3 is 15.3 Å². The number of hydrogen-bond donors (Lipinski definition) is 3. The zero-order valence-corrected chi connectivity index (χ0v) is 7.97. The minimum absolute atomic E-state index is 0.134. The highest BCUT2D eigenvalue weighted by Gasteiger charge is 2.35. The fraction of sp³-hybridized carbons (Fsp3) is 0.200. The topological polar surface area (TPSA) is 94.8 Å². The molecule has 0 amide bonds. The first-order chi connectivity index (χ1) is 6.87. The van der Waals surface area contributed by atoms with Crippen molar-refractivity contribution in [3.63, 3.8) is 0 Å². The summed E-state index contributed by atoms with van der Waals surface area (Å²) in [5, 5.41) is 27.2. The van der Waals surface area contributed by atoms with E-state index in [0.29, 0.717) is 0 Å². The average molecular weight is 210 g/mol. The van der Waals surface area contributed by atoms with Crippen LogP contribution in [-0.2, 0) is 10.4 Å². The summed E-state index contributed by atoms with van der Waals surface area (Å²) >= 11 is 0. The Balaban J connectivity index is 3.37. The standard InChI is InChI=1S/C10H10O5/c1-10(15,9(13)14)7-5-3-2-4-6(7)8(11)12/h2-5,15H,1H3,(H,11,12)(H,13,14). The van der Waals surface area contributed by atoms with Gasteiger partial charge in [0.15, 0.2) is 5.60 Å². The van der Waals surface area contributed by atoms with Gasteiger partial charge in [0.05, 0.1) is 5.56 Å². The molecule has 0 aliphatic carbocycles. The summed E-state index contributed by atoms with van der Waals surface area (Å²) < 4.78 is 0. The van der Waals surface area contributed by atoms with Crippen LogP contribution in [0.25, 0.3) is 0 Å². The zero-order valence-electron chi connectivity index (χ0n) is 7.97. The van der Waals surface area contributed by atoms with E-state index >= 15 is 0 Å². The molecule has 5 heteroatoms. The van der Waals surface area contributed by atoms with Crippen molar-refractivity contribution in [3.05, 3.63) is 35.4 Å². The van der Waals surface area contributed by atoms with Crippen LogP contribution in [0.15, 0.2) is 24.3 Å². The van der Waals surface area contributed by atoms with Gasteiger partial charge in [-0.1, -0.05) is 18.2 Å². The molecule has 0 saturated heterocycles. The predicted molar refractivity (Wildman–Crippen MR) is 50.6 cm³/mol. The van der Waals surface area contributed by atoms with Crippen molar-refractivity contribution >= 4 is 11.9 Å². The van der Waals surface area contributed by atoms with Crippen LogP contribution in [0.4, 0.5) is 0 Å². The molecule has 80 valence electrons. The summed E-state index contributed by atoms with van der Waals surface area (Å²) in [6.45, 7) is 1.04. The second-order valence-corrected chi connectivity index (χ2v) is 3.23. The maximum atomic E-state index is 10.8. The van der Waals surface area contributed by atoms with Crippen LogP contribution in [0.1, 0.15) is 22.8 Å². The number of aromatic carboxylic acids is 1. The Kier molecular flexibility index (Phi) is 2.76. The smallest absolute Gasteiger partial charge is 0.340 e. The summed E-state index contributed by atoms with van der Waals surface area (Å²) in [4.78, 5) is 21.5. The number of aliphatic carboxylic acids is 1. The Morgan fingerprint density at radius 1 is 1.20 bits per heavy atom. The Morgan fingerprint density at radius 2 is 1.73 bits per heavy atom. The van der Waals surface area contributed by atoms with Crippen molar-refractivity contribution in [1.82, 2.24) is 0 Å². The van der Waals surface area contributed by atoms with Gasteiger partial charge in [-0.3, -0.25) is 0 Å². The molecule has 0 radical (unpaired) electrons. The number of rotatable bonds is 3. The van der Waals surface area contributed by atoms with Gasteiger partial charge in [-0.2, -0.15) is 0 Å². The molecule has 0 spiro atoms. The van der Waals surface area contributed by atoms with Crippen LogP contribution in [0.3, 0.4) is 0 Å². The molecule has 0 aliphatic heterocycles. The lowest BCUT2D eigenvalue weighted by molar-refractivity contribution is -0.157. The lowest BCUT2D eigenvalue weighted by Gasteiger charge is -2.20. The highest BCUT2D eigenvalue weighted by Crippen LogP contribution is 2.24. The summed E-state index contributed by atoms with van der Waals surface area (Å²) in [6.07, 6.45) is 0. The van der Waals surface area contributed by atoms with Crippen LogP contribution in [0.2, 0.25) is 0 Å². The largest absolute Gasteiger partial charge is 0.479 e. The van der Waals surface area contributed by atoms with Crippen molar-refractivity contribution in [2.75, 3.05) is 0 Å². The zero-order chi connectivity index (χ0) is 11.6. The van der Waals surface area contributed by atoms with E-state index in [1.54, 1.807) is 0 Å². The normalized spacial score (nSPS) is 14.3. The molecule has 1 rings (SSSR count). The lowest BCUT2D eigenvalue weighted by atomic mass is 9.91. The van der Waals surface area contributed by atoms with E-state index in [-0.39, 0.29) is 11.1 Å². The van der Waals surface area contributed by atoms with E-state index < -0.39 is 17.5 Å². The van der Waals surface area contributed by atoms with Crippen molar-refractivity contribution in [2.45, 2.75) is 12.5 Å². The van der Waals surface area contributed by atoms with Crippen molar-refractivity contribution in [3.8, 4) is 0 Å². The molecule has 1 unspecified atom stereocenters. The van der Waals surface area contributed by atoms with Crippen LogP contribution in [0, 0.1) is 0 Å². The van der Waals surface area contributed by atoms with Gasteiger partial charge in [0.1, 0.15) is 0 Å². The molecule has 5 nitrogen and oxygen atoms in total. The Morgan fingerprint density at radius 3 is 2.20 bits per heavy atom. The quantitative estimate of drug-likeness (QED) is 0.681. The second-order valence-electron chi connectivity index (χ2n) is 3.23. The highest BCUT2D eigenvalue weighted by molar-refractivity contribution is 5.92. The van der Waals surface area contributed by atoms with Crippen LogP contribution in [-0.4, -0.2) is 27.3 Å². The summed E-state index contributed by atoms with van der Waals surface area (Å²) in [6, 6.07) is 5.46. The molecule has 0 aliphatic rings. The molecule has 0 fully saturated rings. The number of hydrogen-bond acceptors (Lipinski definition) is 3. The van der Waals surface area contributed by atoms with E-state index in [0.717, 1.165) is 6.92 Å². The van der Waals surface area contributed by atoms with Crippen molar-refractivity contribution in [2.24, 2.45) is 0 Å². The van der Waals surface area contributed by atoms with E-state index in [2.05, 4.69) is 0 Å². The average Bonchev–Trinajstić information content (AvgIpc) is 2.17. The third kappa shape index (κ3) is 1.97. The van der Waals surface area contributed by atoms with Gasteiger partial charge in [-0.15, -0.1) is 0 Å². The first kappa shape index (κ1) is 11.2. The first-order valence-electron chi connectivity index (χ1n) is 4.16. The summed E-state index contributed by atoms with van der Waals surface area (Å²) in [5.41, 5.74) is -2.55. The molecule has 1 aromatic rings. The highest BCUT2D eigenvalue weighted by atomic mass is 16.4. The lowest BCUT2D eigenvalue weighted by Crippen LogP contribution is -2.33. The molecule has 0 heterocycles. The minimum Gasteiger partial charge on any atom is -0.479 e. The van der Waals surface area contributed by atoms with E-state index in [4.69, 9.17) is 10.2 Å². The van der Waals surface area contributed by atoms with Gasteiger partial charge in [0.2, 0.25) is 0 Å². The van der Waals surface area contributed by atoms with Crippen LogP contribution >= 0.6 is 0 Å². The maximum absolute atomic E-state index is 10.8. The number of aliphatic hydroxyl groups is 1. The minimum atomic E-state index is -2.20. The fourth-order valence-corrected chi connectivity index (χ4v) is 1.21. The van der Waals surface area contributed by atoms with Crippen LogP contribution in [0.5, 0.6) is 0 Å². The number of benzene rings is 1. The first-order valence-corrected chi connectivity index (χ1v) is 4.16. The number of carbonyl (C=O) groups is 2. The molecule has 0 saturated carbocycles. The molecular formula is C10H10O5. The Bertz CT molecular complexity index is 408. The summed E-state index contributed by atoms with van der Waals surface area (Å²) in [7, 11) is 0. The third-order valence-corrected chi connectivity index (χ3v) is 2.10. The summed E-state index contributed by atoms with van der Waals surface area (Å²) in [5.74, 6) is -2.76. The maximum Gasteiger partial charge on any atom is 0.340 e. The number of carboxylic acid groups (broad SMARTS) is 2. The molecule has 0 aromatic heterocycles. The van der Waals surface area contributed by atoms with Gasteiger partial charge in [-0.25, -0.2) is 9.59 Å². The second kappa shape index (κ2) is 3.70. The van der Waals surface area contributed by atoms with E-state index in [1.165, 1.54) is 24.3 Å². The van der Waals surface area contributed by atoms with Gasteiger partial charge in [0, 0.05) is 5.56 Å². The third-order valence-electron chi connectivity index (χ3n) is 2.10. The predicted octanol–water partition coefficient (Wildman–Crippen LogP) is 0.677. The van der Waals surface area contributed by atoms with Crippen molar-refractivity contribution in [1.29, 1.82) is 0 Å². The molecule has 1 aromatic carbocycles. The Hall–Kier alpha value is -1.88. The molecule has 0 bridgehead atoms. The van der Waals surface area contributed by atoms with Gasteiger partial charge >= 0.3 is 11.9 Å². The molecule has 15 heavy (non-hydrogen) atoms. The number of carboxylic acids is 2.